The van der Waals surface area contributed by atoms with E-state index >= 15 is 0 Å². The van der Waals surface area contributed by atoms with Gasteiger partial charge in [0.1, 0.15) is 6.04 Å². The number of anilines is 2. The van der Waals surface area contributed by atoms with Gasteiger partial charge >= 0.3 is 12.0 Å². The molecule has 0 spiro atoms. The molecule has 0 bridgehead atoms. The van der Waals surface area contributed by atoms with Gasteiger partial charge in [-0.1, -0.05) is 10.2 Å². The Morgan fingerprint density at radius 1 is 1.64 bits per heavy atom. The fourth-order valence-corrected chi connectivity index (χ4v) is 1.39. The molecule has 0 aliphatic carbocycles. The van der Waals surface area contributed by atoms with Crippen molar-refractivity contribution < 1.29 is 9.21 Å². The Balaban J connectivity index is 2.21. The summed E-state index contributed by atoms with van der Waals surface area (Å²) < 4.78 is 5.04. The number of carbonyl (C=O) groups excluding carboxylic acids is 1. The largest absolute Gasteiger partial charge is 0.390 e. The summed E-state index contributed by atoms with van der Waals surface area (Å²) in [6.07, 6.45) is 0. The smallest absolute Gasteiger partial charge is 0.320 e. The van der Waals surface area contributed by atoms with Gasteiger partial charge in [-0.15, -0.1) is 0 Å². The fourth-order valence-electron chi connectivity index (χ4n) is 1.39. The minimum absolute atomic E-state index is 0.0122. The highest BCUT2D eigenvalue weighted by Crippen LogP contribution is 2.17. The second-order valence-electron chi connectivity index (χ2n) is 3.08. The molecule has 76 valence electrons. The minimum Gasteiger partial charge on any atom is -0.390 e. The van der Waals surface area contributed by atoms with Crippen LogP contribution in [-0.2, 0) is 4.79 Å². The lowest BCUT2D eigenvalue weighted by atomic mass is 10.2. The van der Waals surface area contributed by atoms with Gasteiger partial charge in [0.2, 0.25) is 5.91 Å². The van der Waals surface area contributed by atoms with Crippen LogP contribution in [0, 0.1) is 0 Å². The lowest BCUT2D eigenvalue weighted by Gasteiger charge is -2.30. The number of nitrogens with zero attached hydrogens (tertiary/aromatic N) is 3. The van der Waals surface area contributed by atoms with Gasteiger partial charge < -0.3 is 20.4 Å². The Morgan fingerprint density at radius 3 is 3.07 bits per heavy atom. The average molecular weight is 197 g/mol. The number of piperazine rings is 1. The van der Waals surface area contributed by atoms with Crippen LogP contribution in [0.15, 0.2) is 4.42 Å². The van der Waals surface area contributed by atoms with E-state index < -0.39 is 0 Å². The zero-order valence-corrected chi connectivity index (χ0v) is 7.73. The molecule has 0 aromatic carbocycles. The molecule has 3 N–H and O–H groups in total. The normalized spacial score (nSPS) is 22.2. The molecule has 1 fully saturated rings. The van der Waals surface area contributed by atoms with Crippen LogP contribution in [0.3, 0.4) is 0 Å². The van der Waals surface area contributed by atoms with Gasteiger partial charge in [-0.05, 0) is 6.92 Å². The minimum atomic E-state index is -0.302. The van der Waals surface area contributed by atoms with E-state index in [-0.39, 0.29) is 18.0 Å². The number of rotatable bonds is 1. The van der Waals surface area contributed by atoms with E-state index in [0.717, 1.165) is 0 Å². The molecule has 2 rings (SSSR count). The van der Waals surface area contributed by atoms with Crippen molar-refractivity contribution in [2.75, 3.05) is 23.7 Å². The van der Waals surface area contributed by atoms with Crippen molar-refractivity contribution in [2.24, 2.45) is 0 Å². The van der Waals surface area contributed by atoms with Crippen molar-refractivity contribution in [2.45, 2.75) is 13.0 Å². The number of nitrogens with one attached hydrogen (secondary N) is 1. The van der Waals surface area contributed by atoms with E-state index in [9.17, 15) is 4.79 Å². The summed E-state index contributed by atoms with van der Waals surface area (Å²) in [6.45, 7) is 2.99. The van der Waals surface area contributed by atoms with Crippen molar-refractivity contribution in [3.05, 3.63) is 0 Å². The summed E-state index contributed by atoms with van der Waals surface area (Å²) >= 11 is 0. The molecule has 14 heavy (non-hydrogen) atoms. The maximum Gasteiger partial charge on any atom is 0.320 e. The summed E-state index contributed by atoms with van der Waals surface area (Å²) in [5.41, 5.74) is 5.30. The first kappa shape index (κ1) is 8.79. The number of aromatic nitrogens is 2. The van der Waals surface area contributed by atoms with Crippen LogP contribution in [0.5, 0.6) is 0 Å². The molecule has 1 atom stereocenters. The average Bonchev–Trinajstić information content (AvgIpc) is 2.57. The summed E-state index contributed by atoms with van der Waals surface area (Å²) in [5, 5.41) is 10.0. The highest BCUT2D eigenvalue weighted by molar-refractivity contribution is 5.85. The Bertz CT molecular complexity index is 350. The predicted octanol–water partition coefficient (Wildman–Crippen LogP) is -1.02. The molecule has 0 saturated carbocycles. The Labute approximate surface area is 80.3 Å². The van der Waals surface area contributed by atoms with E-state index in [4.69, 9.17) is 10.2 Å². The second kappa shape index (κ2) is 3.17. The van der Waals surface area contributed by atoms with Gasteiger partial charge in [-0.3, -0.25) is 4.79 Å². The van der Waals surface area contributed by atoms with Crippen LogP contribution in [0.2, 0.25) is 0 Å². The Hall–Kier alpha value is -1.79. The number of hydrogen-bond donors (Lipinski definition) is 2. The maximum absolute atomic E-state index is 11.3. The highest BCUT2D eigenvalue weighted by Gasteiger charge is 2.28. The van der Waals surface area contributed by atoms with Crippen molar-refractivity contribution in [1.29, 1.82) is 0 Å². The molecule has 1 unspecified atom stereocenters. The standard InChI is InChI=1S/C7H11N5O2/c1-4-5(13)9-2-3-12(4)7-11-10-6(8)14-7/h4H,2-3H2,1H3,(H2,8,10)(H,9,13). The third kappa shape index (κ3) is 1.36. The van der Waals surface area contributed by atoms with Gasteiger partial charge in [-0.2, -0.15) is 0 Å². The molecule has 7 nitrogen and oxygen atoms in total. The van der Waals surface area contributed by atoms with Gasteiger partial charge in [0.25, 0.3) is 0 Å². The van der Waals surface area contributed by atoms with Crippen LogP contribution >= 0.6 is 0 Å². The maximum atomic E-state index is 11.3. The fraction of sp³-hybridized carbons (Fsp3) is 0.571. The van der Waals surface area contributed by atoms with E-state index in [1.807, 2.05) is 0 Å². The topological polar surface area (TPSA) is 97.3 Å². The number of carbonyl (C=O) groups is 1. The monoisotopic (exact) mass is 197 g/mol. The van der Waals surface area contributed by atoms with E-state index in [1.165, 1.54) is 0 Å². The summed E-state index contributed by atoms with van der Waals surface area (Å²) in [7, 11) is 0. The third-order valence-corrected chi connectivity index (χ3v) is 2.17. The molecule has 1 amide bonds. The second-order valence-corrected chi connectivity index (χ2v) is 3.08. The van der Waals surface area contributed by atoms with Gasteiger partial charge in [0, 0.05) is 13.1 Å². The molecule has 1 aromatic rings. The zero-order valence-electron chi connectivity index (χ0n) is 7.73. The molecular weight excluding hydrogens is 186 g/mol. The quantitative estimate of drug-likeness (QED) is 0.597. The molecule has 1 aromatic heterocycles. The summed E-state index contributed by atoms with van der Waals surface area (Å²) in [4.78, 5) is 13.0. The van der Waals surface area contributed by atoms with Crippen LogP contribution in [0.25, 0.3) is 0 Å². The van der Waals surface area contributed by atoms with Crippen molar-refractivity contribution in [3.8, 4) is 0 Å². The van der Waals surface area contributed by atoms with Crippen LogP contribution < -0.4 is 16.0 Å². The van der Waals surface area contributed by atoms with Crippen LogP contribution in [0.1, 0.15) is 6.92 Å². The van der Waals surface area contributed by atoms with E-state index in [0.29, 0.717) is 19.1 Å². The summed E-state index contributed by atoms with van der Waals surface area (Å²) in [6, 6.07) is 0.00614. The zero-order chi connectivity index (χ0) is 10.1. The number of hydrogen-bond acceptors (Lipinski definition) is 6. The molecule has 0 radical (unpaired) electrons. The molecule has 7 heteroatoms. The lowest BCUT2D eigenvalue weighted by molar-refractivity contribution is -0.123. The van der Waals surface area contributed by atoms with Crippen molar-refractivity contribution in [3.63, 3.8) is 0 Å². The SMILES string of the molecule is CC1C(=O)NCCN1c1nnc(N)o1. The first-order valence-corrected chi connectivity index (χ1v) is 4.32. The highest BCUT2D eigenvalue weighted by atomic mass is 16.4. The van der Waals surface area contributed by atoms with Gasteiger partial charge in [0.05, 0.1) is 0 Å². The summed E-state index contributed by atoms with van der Waals surface area (Å²) in [5.74, 6) is -0.0481. The number of amides is 1. The first-order chi connectivity index (χ1) is 6.68. The number of nitrogen functional groups attached to an aromatic ring is 1. The lowest BCUT2D eigenvalue weighted by Crippen LogP contribution is -2.54. The molecule has 1 saturated heterocycles. The van der Waals surface area contributed by atoms with Gasteiger partial charge in [-0.25, -0.2) is 0 Å². The number of nitrogens with two attached hydrogens (primary N) is 1. The van der Waals surface area contributed by atoms with E-state index in [2.05, 4.69) is 15.5 Å². The molecule has 2 heterocycles. The van der Waals surface area contributed by atoms with Crippen LogP contribution in [0.4, 0.5) is 12.0 Å². The van der Waals surface area contributed by atoms with E-state index in [1.54, 1.807) is 11.8 Å². The first-order valence-electron chi connectivity index (χ1n) is 4.32. The Morgan fingerprint density at radius 2 is 2.43 bits per heavy atom. The van der Waals surface area contributed by atoms with Crippen molar-refractivity contribution in [1.82, 2.24) is 15.5 Å². The van der Waals surface area contributed by atoms with Crippen LogP contribution in [-0.4, -0.2) is 35.2 Å². The Kier molecular flexibility index (Phi) is 1.99. The molecular formula is C7H11N5O2. The molecule has 1 aliphatic rings. The van der Waals surface area contributed by atoms with Gasteiger partial charge in [0.15, 0.2) is 0 Å². The third-order valence-electron chi connectivity index (χ3n) is 2.17. The molecule has 1 aliphatic heterocycles. The van der Waals surface area contributed by atoms with Crippen molar-refractivity contribution >= 4 is 17.9 Å². The predicted molar refractivity (Wildman–Crippen MR) is 48.5 cm³/mol.